The second-order valence-electron chi connectivity index (χ2n) is 3.94. The lowest BCUT2D eigenvalue weighted by Gasteiger charge is -2.34. The smallest absolute Gasteiger partial charge is 0.303 e. The van der Waals surface area contributed by atoms with Crippen molar-refractivity contribution in [3.8, 4) is 0 Å². The van der Waals surface area contributed by atoms with E-state index in [1.165, 1.54) is 6.42 Å². The van der Waals surface area contributed by atoms with E-state index in [2.05, 4.69) is 4.84 Å². The molecule has 0 aromatic heterocycles. The first kappa shape index (κ1) is 10.5. The fourth-order valence-corrected chi connectivity index (χ4v) is 2.17. The summed E-state index contributed by atoms with van der Waals surface area (Å²) < 4.78 is 0. The Morgan fingerprint density at radius 1 is 1.38 bits per heavy atom. The van der Waals surface area contributed by atoms with E-state index >= 15 is 0 Å². The predicted molar refractivity (Wildman–Crippen MR) is 47.9 cm³/mol. The molecule has 0 aliphatic heterocycles. The number of rotatable bonds is 4. The molecule has 0 unspecified atom stereocenters. The summed E-state index contributed by atoms with van der Waals surface area (Å²) >= 11 is 0. The van der Waals surface area contributed by atoms with Gasteiger partial charge in [0.1, 0.15) is 0 Å². The van der Waals surface area contributed by atoms with Crippen LogP contribution in [0.2, 0.25) is 0 Å². The Balaban J connectivity index is 2.55. The maximum atomic E-state index is 10.7. The fourth-order valence-electron chi connectivity index (χ4n) is 2.17. The second kappa shape index (κ2) is 4.58. The fraction of sp³-hybridized carbons (Fsp3) is 0.889. The highest BCUT2D eigenvalue weighted by Crippen LogP contribution is 2.39. The molecule has 0 radical (unpaired) electrons. The highest BCUT2D eigenvalue weighted by Gasteiger charge is 2.34. The van der Waals surface area contributed by atoms with Gasteiger partial charge in [0, 0.05) is 5.41 Å². The molecular weight excluding hydrogens is 170 g/mol. The molecule has 76 valence electrons. The lowest BCUT2D eigenvalue weighted by molar-refractivity contribution is -0.142. The monoisotopic (exact) mass is 187 g/mol. The Hall–Kier alpha value is -0.610. The standard InChI is InChI=1S/C9H17NO3/c10-13-7-9(6-8(11)12)4-2-1-3-5-9/h1-7,10H2,(H,11,12). The van der Waals surface area contributed by atoms with Gasteiger partial charge in [-0.1, -0.05) is 19.3 Å². The van der Waals surface area contributed by atoms with Crippen LogP contribution >= 0.6 is 0 Å². The first-order valence-corrected chi connectivity index (χ1v) is 4.72. The van der Waals surface area contributed by atoms with Crippen molar-refractivity contribution < 1.29 is 14.7 Å². The first-order chi connectivity index (χ1) is 6.18. The Morgan fingerprint density at radius 2 is 2.00 bits per heavy atom. The zero-order valence-corrected chi connectivity index (χ0v) is 7.79. The average molecular weight is 187 g/mol. The molecule has 4 nitrogen and oxygen atoms in total. The second-order valence-corrected chi connectivity index (χ2v) is 3.94. The third-order valence-electron chi connectivity index (χ3n) is 2.83. The molecule has 0 aromatic rings. The van der Waals surface area contributed by atoms with E-state index in [4.69, 9.17) is 11.0 Å². The maximum Gasteiger partial charge on any atom is 0.303 e. The summed E-state index contributed by atoms with van der Waals surface area (Å²) in [6.45, 7) is 0.374. The predicted octanol–water partition coefficient (Wildman–Crippen LogP) is 1.30. The van der Waals surface area contributed by atoms with E-state index < -0.39 is 5.97 Å². The van der Waals surface area contributed by atoms with E-state index in [0.29, 0.717) is 6.61 Å². The Bertz CT molecular complexity index is 170. The van der Waals surface area contributed by atoms with Crippen LogP contribution in [0.15, 0.2) is 0 Å². The van der Waals surface area contributed by atoms with Gasteiger partial charge in [-0.2, -0.15) is 0 Å². The molecular formula is C9H17NO3. The number of carbonyl (C=O) groups is 1. The molecule has 1 saturated carbocycles. The molecule has 4 heteroatoms. The van der Waals surface area contributed by atoms with Gasteiger partial charge in [-0.25, -0.2) is 5.90 Å². The van der Waals surface area contributed by atoms with Gasteiger partial charge in [-0.05, 0) is 12.8 Å². The Morgan fingerprint density at radius 3 is 2.46 bits per heavy atom. The molecule has 13 heavy (non-hydrogen) atoms. The third kappa shape index (κ3) is 2.97. The molecule has 0 saturated heterocycles. The average Bonchev–Trinajstić information content (AvgIpc) is 2.04. The topological polar surface area (TPSA) is 72.5 Å². The molecule has 0 amide bonds. The van der Waals surface area contributed by atoms with E-state index in [9.17, 15) is 4.79 Å². The van der Waals surface area contributed by atoms with Crippen molar-refractivity contribution in [3.63, 3.8) is 0 Å². The number of nitrogens with two attached hydrogens (primary N) is 1. The van der Waals surface area contributed by atoms with E-state index in [-0.39, 0.29) is 11.8 Å². The van der Waals surface area contributed by atoms with Crippen LogP contribution in [0.1, 0.15) is 38.5 Å². The Kier molecular flexibility index (Phi) is 3.69. The van der Waals surface area contributed by atoms with E-state index in [1.54, 1.807) is 0 Å². The molecule has 0 aromatic carbocycles. The minimum absolute atomic E-state index is 0.185. The minimum Gasteiger partial charge on any atom is -0.481 e. The van der Waals surface area contributed by atoms with E-state index in [1.807, 2.05) is 0 Å². The summed E-state index contributed by atoms with van der Waals surface area (Å²) in [5.41, 5.74) is -0.196. The SMILES string of the molecule is NOCC1(CC(=O)O)CCCCC1. The zero-order chi connectivity index (χ0) is 9.73. The summed E-state index contributed by atoms with van der Waals surface area (Å²) in [5.74, 6) is 4.28. The molecule has 0 atom stereocenters. The molecule has 0 spiro atoms. The van der Waals surface area contributed by atoms with Gasteiger partial charge in [0.2, 0.25) is 0 Å². The summed E-state index contributed by atoms with van der Waals surface area (Å²) in [6, 6.07) is 0. The molecule has 1 fully saturated rings. The van der Waals surface area contributed by atoms with Gasteiger partial charge in [0.25, 0.3) is 0 Å². The molecule has 3 N–H and O–H groups in total. The molecule has 1 aliphatic carbocycles. The summed E-state index contributed by atoms with van der Waals surface area (Å²) in [5, 5.41) is 8.76. The van der Waals surface area contributed by atoms with Crippen molar-refractivity contribution in [3.05, 3.63) is 0 Å². The summed E-state index contributed by atoms with van der Waals surface area (Å²) in [4.78, 5) is 15.3. The van der Waals surface area contributed by atoms with Crippen LogP contribution < -0.4 is 5.90 Å². The quantitative estimate of drug-likeness (QED) is 0.651. The minimum atomic E-state index is -0.751. The first-order valence-electron chi connectivity index (χ1n) is 4.72. The lowest BCUT2D eigenvalue weighted by atomic mass is 9.72. The number of hydrogen-bond donors (Lipinski definition) is 2. The Labute approximate surface area is 78.0 Å². The van der Waals surface area contributed by atoms with Crippen LogP contribution in [0.25, 0.3) is 0 Å². The van der Waals surface area contributed by atoms with Crippen LogP contribution in [0.3, 0.4) is 0 Å². The van der Waals surface area contributed by atoms with Crippen LogP contribution in [0.4, 0.5) is 0 Å². The highest BCUT2D eigenvalue weighted by molar-refractivity contribution is 5.67. The molecule has 0 heterocycles. The molecule has 0 bridgehead atoms. The highest BCUT2D eigenvalue weighted by atomic mass is 16.6. The summed E-state index contributed by atoms with van der Waals surface area (Å²) in [6.07, 6.45) is 5.43. The molecule has 1 aliphatic rings. The van der Waals surface area contributed by atoms with Crippen molar-refractivity contribution in [2.24, 2.45) is 11.3 Å². The van der Waals surface area contributed by atoms with Crippen LogP contribution in [-0.4, -0.2) is 17.7 Å². The van der Waals surface area contributed by atoms with Gasteiger partial charge in [0.05, 0.1) is 13.0 Å². The van der Waals surface area contributed by atoms with Crippen LogP contribution in [-0.2, 0) is 9.63 Å². The van der Waals surface area contributed by atoms with Gasteiger partial charge < -0.3 is 9.94 Å². The van der Waals surface area contributed by atoms with Crippen molar-refractivity contribution in [2.75, 3.05) is 6.61 Å². The lowest BCUT2D eigenvalue weighted by Crippen LogP contribution is -2.33. The van der Waals surface area contributed by atoms with Crippen molar-refractivity contribution in [2.45, 2.75) is 38.5 Å². The van der Waals surface area contributed by atoms with Crippen LogP contribution in [0.5, 0.6) is 0 Å². The van der Waals surface area contributed by atoms with Gasteiger partial charge in [-0.3, -0.25) is 4.79 Å². The number of carboxylic acids is 1. The van der Waals surface area contributed by atoms with E-state index in [0.717, 1.165) is 25.7 Å². The largest absolute Gasteiger partial charge is 0.481 e. The zero-order valence-electron chi connectivity index (χ0n) is 7.79. The van der Waals surface area contributed by atoms with Crippen LogP contribution in [0, 0.1) is 5.41 Å². The maximum absolute atomic E-state index is 10.7. The molecule has 1 rings (SSSR count). The van der Waals surface area contributed by atoms with Gasteiger partial charge in [-0.15, -0.1) is 0 Å². The van der Waals surface area contributed by atoms with Gasteiger partial charge in [0.15, 0.2) is 0 Å². The van der Waals surface area contributed by atoms with Crippen molar-refractivity contribution in [1.29, 1.82) is 0 Å². The third-order valence-corrected chi connectivity index (χ3v) is 2.83. The van der Waals surface area contributed by atoms with Crippen molar-refractivity contribution >= 4 is 5.97 Å². The van der Waals surface area contributed by atoms with Crippen molar-refractivity contribution in [1.82, 2.24) is 0 Å². The summed E-state index contributed by atoms with van der Waals surface area (Å²) in [7, 11) is 0. The number of carboxylic acid groups (broad SMARTS) is 1. The van der Waals surface area contributed by atoms with Gasteiger partial charge >= 0.3 is 5.97 Å². The number of hydrogen-bond acceptors (Lipinski definition) is 3. The normalized spacial score (nSPS) is 21.3. The number of aliphatic carboxylic acids is 1.